The zero-order valence-corrected chi connectivity index (χ0v) is 25.5. The summed E-state index contributed by atoms with van der Waals surface area (Å²) in [4.78, 5) is 30.9. The van der Waals surface area contributed by atoms with Crippen LogP contribution in [-0.2, 0) is 22.5 Å². The third kappa shape index (κ3) is 6.22. The Bertz CT molecular complexity index is 1420. The van der Waals surface area contributed by atoms with Crippen LogP contribution in [0.2, 0.25) is 0 Å². The molecule has 0 spiro atoms. The van der Waals surface area contributed by atoms with Crippen LogP contribution >= 0.6 is 0 Å². The van der Waals surface area contributed by atoms with E-state index in [-0.39, 0.29) is 5.41 Å². The minimum atomic E-state index is -1.12. The summed E-state index contributed by atoms with van der Waals surface area (Å²) in [7, 11) is 0. The van der Waals surface area contributed by atoms with Crippen LogP contribution in [0.25, 0.3) is 11.1 Å². The van der Waals surface area contributed by atoms with E-state index in [0.29, 0.717) is 11.3 Å². The van der Waals surface area contributed by atoms with Crippen molar-refractivity contribution >= 4 is 17.5 Å². The van der Waals surface area contributed by atoms with Gasteiger partial charge in [-0.1, -0.05) is 32.0 Å². The molecule has 0 radical (unpaired) electrons. The van der Waals surface area contributed by atoms with Crippen LogP contribution in [0.3, 0.4) is 0 Å². The van der Waals surface area contributed by atoms with Gasteiger partial charge >= 0.3 is 5.97 Å². The molecule has 2 aliphatic rings. The second kappa shape index (κ2) is 11.0. The number of hydrogen-bond acceptors (Lipinski definition) is 7. The van der Waals surface area contributed by atoms with E-state index >= 15 is 0 Å². The van der Waals surface area contributed by atoms with Gasteiger partial charge in [0.15, 0.2) is 6.10 Å². The van der Waals surface area contributed by atoms with Crippen LogP contribution in [-0.4, -0.2) is 51.3 Å². The largest absolute Gasteiger partial charge is 0.479 e. The Morgan fingerprint density at radius 1 is 1.02 bits per heavy atom. The molecular formula is C33H43N5O3. The molecule has 5 rings (SSSR count). The van der Waals surface area contributed by atoms with E-state index in [0.717, 1.165) is 73.8 Å². The maximum Gasteiger partial charge on any atom is 0.337 e. The summed E-state index contributed by atoms with van der Waals surface area (Å²) in [6.07, 6.45) is 5.22. The van der Waals surface area contributed by atoms with E-state index < -0.39 is 17.7 Å². The minimum Gasteiger partial charge on any atom is -0.479 e. The maximum atomic E-state index is 12.8. The van der Waals surface area contributed by atoms with Crippen molar-refractivity contribution in [3.05, 3.63) is 64.9 Å². The molecule has 8 heteroatoms. The lowest BCUT2D eigenvalue weighted by molar-refractivity contribution is -0.160. The summed E-state index contributed by atoms with van der Waals surface area (Å²) >= 11 is 0. The Morgan fingerprint density at radius 2 is 1.76 bits per heavy atom. The molecule has 1 N–H and O–H groups in total. The fourth-order valence-electron chi connectivity index (χ4n) is 6.13. The number of carboxylic acids is 1. The second-order valence-electron chi connectivity index (χ2n) is 13.2. The van der Waals surface area contributed by atoms with Gasteiger partial charge in [0.25, 0.3) is 0 Å². The van der Waals surface area contributed by atoms with Crippen LogP contribution in [0.1, 0.15) is 81.6 Å². The van der Waals surface area contributed by atoms with Crippen LogP contribution in [0.4, 0.5) is 11.5 Å². The Labute approximate surface area is 243 Å². The number of pyridine rings is 1. The van der Waals surface area contributed by atoms with Crippen molar-refractivity contribution in [3.8, 4) is 11.1 Å². The summed E-state index contributed by atoms with van der Waals surface area (Å²) in [6, 6.07) is 8.62. The number of fused-ring (bicyclic) bond motifs is 1. The number of anilines is 2. The molecule has 0 aliphatic carbocycles. The zero-order chi connectivity index (χ0) is 29.5. The number of rotatable bonds is 6. The van der Waals surface area contributed by atoms with Gasteiger partial charge < -0.3 is 19.6 Å². The Balaban J connectivity index is 1.63. The molecule has 4 heterocycles. The van der Waals surface area contributed by atoms with Gasteiger partial charge in [0.2, 0.25) is 0 Å². The number of piperidine rings is 1. The molecule has 0 bridgehead atoms. The first-order chi connectivity index (χ1) is 19.3. The Kier molecular flexibility index (Phi) is 7.81. The van der Waals surface area contributed by atoms with Gasteiger partial charge in [0.05, 0.1) is 11.3 Å². The maximum absolute atomic E-state index is 12.8. The van der Waals surface area contributed by atoms with Crippen molar-refractivity contribution in [2.45, 2.75) is 86.0 Å². The highest BCUT2D eigenvalue weighted by molar-refractivity contribution is 5.88. The number of carbonyl (C=O) groups is 1. The first kappa shape index (κ1) is 29.0. The predicted octanol–water partition coefficient (Wildman–Crippen LogP) is 6.29. The lowest BCUT2D eigenvalue weighted by atomic mass is 9.81. The fraction of sp³-hybridized carbons (Fsp3) is 0.515. The molecule has 2 aliphatic heterocycles. The third-order valence-electron chi connectivity index (χ3n) is 8.37. The summed E-state index contributed by atoms with van der Waals surface area (Å²) in [6.45, 7) is 17.7. The number of ether oxygens (including phenoxy) is 1. The Morgan fingerprint density at radius 3 is 2.39 bits per heavy atom. The fourth-order valence-corrected chi connectivity index (χ4v) is 6.13. The van der Waals surface area contributed by atoms with Gasteiger partial charge in [-0.15, -0.1) is 0 Å². The Hall–Kier alpha value is -3.52. The SMILES string of the molecule is Cc1nc(C)c([C@H](OC(C)(C)C)C(=O)O)c(N2CCC(C)(C)CC2)c1-c1ccc2c(c1)CCN(c1ccncn1)C2. The zero-order valence-electron chi connectivity index (χ0n) is 25.5. The van der Waals surface area contributed by atoms with Gasteiger partial charge in [-0.25, -0.2) is 14.8 Å². The van der Waals surface area contributed by atoms with E-state index in [9.17, 15) is 9.90 Å². The van der Waals surface area contributed by atoms with E-state index in [4.69, 9.17) is 9.72 Å². The lowest BCUT2D eigenvalue weighted by Crippen LogP contribution is -2.39. The monoisotopic (exact) mass is 557 g/mol. The number of carboxylic acid groups (broad SMARTS) is 1. The van der Waals surface area contributed by atoms with Crippen molar-refractivity contribution < 1.29 is 14.6 Å². The lowest BCUT2D eigenvalue weighted by Gasteiger charge is -2.41. The van der Waals surface area contributed by atoms with Crippen LogP contribution in [0.5, 0.6) is 0 Å². The van der Waals surface area contributed by atoms with Crippen molar-refractivity contribution in [2.75, 3.05) is 29.4 Å². The van der Waals surface area contributed by atoms with E-state index in [1.54, 1.807) is 12.5 Å². The summed E-state index contributed by atoms with van der Waals surface area (Å²) in [5.74, 6) is -0.0553. The third-order valence-corrected chi connectivity index (χ3v) is 8.37. The highest BCUT2D eigenvalue weighted by Crippen LogP contribution is 2.45. The molecule has 0 amide bonds. The molecule has 8 nitrogen and oxygen atoms in total. The predicted molar refractivity (Wildman–Crippen MR) is 162 cm³/mol. The number of aromatic nitrogens is 3. The van der Waals surface area contributed by atoms with E-state index in [1.807, 2.05) is 40.7 Å². The summed E-state index contributed by atoms with van der Waals surface area (Å²) in [5, 5.41) is 10.4. The van der Waals surface area contributed by atoms with Gasteiger partial charge in [-0.3, -0.25) is 4.98 Å². The van der Waals surface area contributed by atoms with Crippen molar-refractivity contribution in [1.29, 1.82) is 0 Å². The smallest absolute Gasteiger partial charge is 0.337 e. The van der Waals surface area contributed by atoms with E-state index in [1.165, 1.54) is 11.1 Å². The number of aryl methyl sites for hydroxylation is 2. The van der Waals surface area contributed by atoms with Gasteiger partial charge in [0, 0.05) is 54.9 Å². The van der Waals surface area contributed by atoms with Crippen LogP contribution in [0.15, 0.2) is 36.8 Å². The molecule has 0 unspecified atom stereocenters. The van der Waals surface area contributed by atoms with Crippen LogP contribution in [0, 0.1) is 19.3 Å². The van der Waals surface area contributed by atoms with Gasteiger partial charge in [-0.05, 0) is 82.1 Å². The molecular weight excluding hydrogens is 514 g/mol. The standard InChI is InChI=1S/C33H43N5O3/c1-21-27(24-8-9-25-19-38(15-11-23(25)18-24)26-10-14-34-20-35-26)29(37-16-12-33(6,7)13-17-37)28(22(2)36-21)30(31(39)40)41-32(3,4)5/h8-10,14,18,20,30H,11-13,15-17,19H2,1-7H3,(H,39,40)/t30-/m0/s1. The first-order valence-electron chi connectivity index (χ1n) is 14.6. The number of benzene rings is 1. The summed E-state index contributed by atoms with van der Waals surface area (Å²) < 4.78 is 6.23. The average molecular weight is 558 g/mol. The average Bonchev–Trinajstić information content (AvgIpc) is 2.91. The normalized spacial score (nSPS) is 17.7. The van der Waals surface area contributed by atoms with Gasteiger partial charge in [0.1, 0.15) is 12.1 Å². The van der Waals surface area contributed by atoms with E-state index in [2.05, 4.69) is 51.8 Å². The molecule has 0 saturated carbocycles. The number of aliphatic carboxylic acids is 1. The molecule has 1 fully saturated rings. The quantitative estimate of drug-likeness (QED) is 0.378. The summed E-state index contributed by atoms with van der Waals surface area (Å²) in [5.41, 5.74) is 7.52. The second-order valence-corrected chi connectivity index (χ2v) is 13.2. The highest BCUT2D eigenvalue weighted by atomic mass is 16.5. The molecule has 2 aromatic heterocycles. The molecule has 218 valence electrons. The van der Waals surface area contributed by atoms with Crippen LogP contribution < -0.4 is 9.80 Å². The topological polar surface area (TPSA) is 91.7 Å². The molecule has 1 atom stereocenters. The van der Waals surface area contributed by atoms with Crippen molar-refractivity contribution in [1.82, 2.24) is 15.0 Å². The minimum absolute atomic E-state index is 0.253. The first-order valence-corrected chi connectivity index (χ1v) is 14.6. The number of hydrogen-bond donors (Lipinski definition) is 1. The van der Waals surface area contributed by atoms with Gasteiger partial charge in [-0.2, -0.15) is 0 Å². The molecule has 1 saturated heterocycles. The molecule has 41 heavy (non-hydrogen) atoms. The molecule has 3 aromatic rings. The number of nitrogens with zero attached hydrogens (tertiary/aromatic N) is 5. The highest BCUT2D eigenvalue weighted by Gasteiger charge is 2.36. The van der Waals surface area contributed by atoms with Crippen molar-refractivity contribution in [2.24, 2.45) is 5.41 Å². The van der Waals surface area contributed by atoms with Crippen molar-refractivity contribution in [3.63, 3.8) is 0 Å². The molecule has 1 aromatic carbocycles.